The van der Waals surface area contributed by atoms with Crippen molar-refractivity contribution in [3.63, 3.8) is 0 Å². The highest BCUT2D eigenvalue weighted by molar-refractivity contribution is 7.94. The van der Waals surface area contributed by atoms with E-state index in [4.69, 9.17) is 32.6 Å². The molecule has 1 heterocycles. The van der Waals surface area contributed by atoms with Crippen LogP contribution in [-0.4, -0.2) is 38.8 Å². The van der Waals surface area contributed by atoms with E-state index in [1.165, 1.54) is 18.2 Å². The van der Waals surface area contributed by atoms with E-state index < -0.39 is 32.6 Å². The maximum atomic E-state index is 11.6. The van der Waals surface area contributed by atoms with Crippen LogP contribution in [0, 0.1) is 27.2 Å². The quantitative estimate of drug-likeness (QED) is 0.0332. The molecule has 5 N–H and O–H groups in total. The number of benzene rings is 3. The van der Waals surface area contributed by atoms with Crippen molar-refractivity contribution >= 4 is 92.6 Å². The second kappa shape index (κ2) is 14.4. The van der Waals surface area contributed by atoms with E-state index in [9.17, 15) is 29.0 Å². The van der Waals surface area contributed by atoms with Crippen LogP contribution in [0.5, 0.6) is 5.75 Å². The van der Waals surface area contributed by atoms with E-state index in [1.807, 2.05) is 0 Å². The Morgan fingerprint density at radius 1 is 0.886 bits per heavy atom. The average molecular weight is 687 g/mol. The van der Waals surface area contributed by atoms with Crippen LogP contribution >= 0.6 is 35.2 Å². The summed E-state index contributed by atoms with van der Waals surface area (Å²) in [7, 11) is 0. The normalized spacial score (nSPS) is 11.5. The predicted molar refractivity (Wildman–Crippen MR) is 159 cm³/mol. The van der Waals surface area contributed by atoms with Gasteiger partial charge in [0.2, 0.25) is 17.2 Å². The lowest BCUT2D eigenvalue weighted by atomic mass is 10.2. The Balaban J connectivity index is 1.64. The Kier molecular flexibility index (Phi) is 10.6. The summed E-state index contributed by atoms with van der Waals surface area (Å²) in [5.41, 5.74) is -0.0210. The molecule has 0 bridgehead atoms. The van der Waals surface area contributed by atoms with Gasteiger partial charge in [-0.15, -0.1) is 4.33 Å². The summed E-state index contributed by atoms with van der Waals surface area (Å²) in [6.07, 6.45) is 0. The maximum Gasteiger partial charge on any atom is 0.357 e. The molecule has 0 saturated heterocycles. The van der Waals surface area contributed by atoms with E-state index in [-0.39, 0.29) is 45.0 Å². The van der Waals surface area contributed by atoms with Gasteiger partial charge in [-0.05, 0) is 66.6 Å². The van der Waals surface area contributed by atoms with Gasteiger partial charge >= 0.3 is 11.4 Å². The van der Waals surface area contributed by atoms with Gasteiger partial charge in [0.05, 0.1) is 33.6 Å². The number of halogens is 2. The molecule has 0 fully saturated rings. The lowest BCUT2D eigenvalue weighted by Crippen LogP contribution is -2.07. The molecule has 0 radical (unpaired) electrons. The third-order valence-electron chi connectivity index (χ3n) is 5.32. The lowest BCUT2D eigenvalue weighted by molar-refractivity contribution is -0.432. The van der Waals surface area contributed by atoms with Crippen molar-refractivity contribution < 1.29 is 37.4 Å². The fraction of sp³-hybridized carbons (Fsp3) is 0.0455. The highest BCUT2D eigenvalue weighted by Crippen LogP contribution is 2.39. The molecule has 0 amide bonds. The molecule has 1 atom stereocenters. The van der Waals surface area contributed by atoms with Crippen molar-refractivity contribution in [2.75, 3.05) is 16.0 Å². The largest absolute Gasteiger partial charge is 0.378 e. The Morgan fingerprint density at radius 2 is 1.55 bits per heavy atom. The number of aryl methyl sites for hydroxylation is 1. The van der Waals surface area contributed by atoms with Crippen molar-refractivity contribution in [2.45, 2.75) is 11.8 Å². The fourth-order valence-electron chi connectivity index (χ4n) is 3.54. The van der Waals surface area contributed by atoms with Crippen LogP contribution in [-0.2, 0) is 20.7 Å². The number of aromatic nitrogens is 3. The molecule has 0 aliphatic heterocycles. The van der Waals surface area contributed by atoms with Gasteiger partial charge < -0.3 is 20.1 Å². The fourth-order valence-corrected chi connectivity index (χ4v) is 4.65. The first-order valence-corrected chi connectivity index (χ1v) is 14.0. The summed E-state index contributed by atoms with van der Waals surface area (Å²) in [6.45, 7) is 1.77. The molecule has 0 spiro atoms. The second-order valence-electron chi connectivity index (χ2n) is 8.18. The number of anilines is 6. The third kappa shape index (κ3) is 8.36. The Morgan fingerprint density at radius 3 is 2.18 bits per heavy atom. The van der Waals surface area contributed by atoms with Crippen LogP contribution in [0.25, 0.3) is 0 Å². The third-order valence-corrected chi connectivity index (χ3v) is 6.88. The summed E-state index contributed by atoms with van der Waals surface area (Å²) in [6, 6.07) is 10.7. The highest BCUT2D eigenvalue weighted by atomic mass is 35.5. The van der Waals surface area contributed by atoms with E-state index in [0.717, 1.165) is 23.7 Å². The van der Waals surface area contributed by atoms with Crippen LogP contribution in [0.2, 0.25) is 10.3 Å². The minimum Gasteiger partial charge on any atom is -0.378 e. The molecular formula is C22H16Cl2N8O10S2. The molecule has 0 saturated carbocycles. The first-order valence-electron chi connectivity index (χ1n) is 11.5. The molecular weight excluding hydrogens is 671 g/mol. The van der Waals surface area contributed by atoms with Gasteiger partial charge in [-0.2, -0.15) is 19.2 Å². The Labute approximate surface area is 262 Å². The lowest BCUT2D eigenvalue weighted by Gasteiger charge is -2.14. The number of nitrogens with one attached hydrogen (secondary N) is 3. The first kappa shape index (κ1) is 32.5. The van der Waals surface area contributed by atoms with Crippen molar-refractivity contribution in [2.24, 2.45) is 0 Å². The van der Waals surface area contributed by atoms with E-state index in [1.54, 1.807) is 25.1 Å². The predicted octanol–water partition coefficient (Wildman–Crippen LogP) is 6.48. The van der Waals surface area contributed by atoms with Crippen LogP contribution in [0.3, 0.4) is 0 Å². The second-order valence-corrected chi connectivity index (χ2v) is 10.3. The van der Waals surface area contributed by atoms with Crippen molar-refractivity contribution in [1.82, 2.24) is 15.0 Å². The van der Waals surface area contributed by atoms with Crippen molar-refractivity contribution in [3.8, 4) is 5.75 Å². The van der Waals surface area contributed by atoms with Crippen LogP contribution in [0.15, 0.2) is 53.4 Å². The summed E-state index contributed by atoms with van der Waals surface area (Å²) in [5, 5.41) is 42.6. The van der Waals surface area contributed by atoms with Crippen molar-refractivity contribution in [3.05, 3.63) is 84.6 Å². The van der Waals surface area contributed by atoms with Gasteiger partial charge in [-0.1, -0.05) is 16.6 Å². The summed E-state index contributed by atoms with van der Waals surface area (Å²) < 4.78 is 30.1. The minimum absolute atomic E-state index is 0.000809. The zero-order valence-corrected chi connectivity index (χ0v) is 24.7. The van der Waals surface area contributed by atoms with Crippen LogP contribution in [0.4, 0.5) is 46.0 Å². The molecule has 4 aromatic rings. The molecule has 4 rings (SSSR count). The smallest absolute Gasteiger partial charge is 0.357 e. The number of rotatable bonds is 13. The van der Waals surface area contributed by atoms with Gasteiger partial charge in [0.1, 0.15) is 10.7 Å². The minimum atomic E-state index is -2.75. The monoisotopic (exact) mass is 686 g/mol. The molecule has 18 nitrogen and oxygen atoms in total. The van der Waals surface area contributed by atoms with Gasteiger partial charge in [0.15, 0.2) is 5.75 Å². The number of nitro groups is 2. The van der Waals surface area contributed by atoms with Crippen LogP contribution in [0.1, 0.15) is 5.56 Å². The van der Waals surface area contributed by atoms with Gasteiger partial charge in [0, 0.05) is 16.3 Å². The number of nitro benzene ring substituents is 2. The zero-order chi connectivity index (χ0) is 32.0. The molecule has 1 unspecified atom stereocenters. The van der Waals surface area contributed by atoms with Crippen LogP contribution < -0.4 is 20.1 Å². The number of nitrogens with zero attached hydrogens (tertiary/aromatic N) is 5. The molecule has 230 valence electrons. The van der Waals surface area contributed by atoms with E-state index in [2.05, 4.69) is 40.3 Å². The van der Waals surface area contributed by atoms with E-state index in [0.29, 0.717) is 16.6 Å². The molecule has 44 heavy (non-hydrogen) atoms. The SMILES string of the molecule is Cc1cc(Nc2nc(Cl)nc(Nc3cc(Nc4cc(Cl)c([N+](=O)[O-])cc4[N+](=O)[O-])ccc3OS(=O)O)n2)ccc1SOOO. The van der Waals surface area contributed by atoms with E-state index >= 15 is 0 Å². The van der Waals surface area contributed by atoms with Gasteiger partial charge in [-0.25, -0.2) is 5.26 Å². The standard InChI is InChI=1S/C22H16Cl2N8O10S2/c1-10-6-11(3-5-19(10)43-42-41-37)26-21-28-20(24)29-22(30-21)27-15-7-12(2-4-18(15)40-44(38)39)25-14-8-13(23)16(31(33)34)9-17(14)32(35)36/h2-9,25,37H,1H3,(H,38,39)(H2,26,27,28,29,30). The van der Waals surface area contributed by atoms with Gasteiger partial charge in [-0.3, -0.25) is 24.8 Å². The number of hydrogen-bond donors (Lipinski definition) is 5. The molecule has 0 aliphatic carbocycles. The Bertz CT molecular complexity index is 1770. The first-order chi connectivity index (χ1) is 20.9. The maximum absolute atomic E-state index is 11.6. The van der Waals surface area contributed by atoms with Crippen molar-refractivity contribution in [1.29, 1.82) is 0 Å². The molecule has 1 aromatic heterocycles. The average Bonchev–Trinajstić information content (AvgIpc) is 2.93. The van der Waals surface area contributed by atoms with Gasteiger partial charge in [0.25, 0.3) is 11.4 Å². The molecule has 0 aliphatic rings. The topological polar surface area (TPSA) is 246 Å². The summed E-state index contributed by atoms with van der Waals surface area (Å²) in [5.74, 6) is -0.294. The number of hydrogen-bond acceptors (Lipinski definition) is 16. The summed E-state index contributed by atoms with van der Waals surface area (Å²) in [4.78, 5) is 34.0. The zero-order valence-electron chi connectivity index (χ0n) is 21.6. The summed E-state index contributed by atoms with van der Waals surface area (Å²) >= 11 is 10.1. The Hall–Kier alpha value is -4.41. The molecule has 22 heteroatoms. The highest BCUT2D eigenvalue weighted by Gasteiger charge is 2.24. The molecule has 3 aromatic carbocycles.